The van der Waals surface area contributed by atoms with E-state index >= 15 is 0 Å². The van der Waals surface area contributed by atoms with Gasteiger partial charge in [-0.2, -0.15) is 5.26 Å². The van der Waals surface area contributed by atoms with Gasteiger partial charge in [-0.3, -0.25) is 0 Å². The van der Waals surface area contributed by atoms with Crippen LogP contribution in [0.5, 0.6) is 0 Å². The first-order valence-corrected chi connectivity index (χ1v) is 8.86. The van der Waals surface area contributed by atoms with Crippen LogP contribution in [0, 0.1) is 11.3 Å². The van der Waals surface area contributed by atoms with E-state index in [1.807, 2.05) is 13.0 Å². The summed E-state index contributed by atoms with van der Waals surface area (Å²) in [7, 11) is -3.32. The summed E-state index contributed by atoms with van der Waals surface area (Å²) in [6, 6.07) is 8.78. The van der Waals surface area contributed by atoms with Gasteiger partial charge >= 0.3 is 0 Å². The molecular formula is C14H14N2O2S2. The van der Waals surface area contributed by atoms with Crippen LogP contribution >= 0.6 is 11.3 Å². The molecule has 0 aliphatic carbocycles. The molecule has 0 saturated heterocycles. The molecule has 0 amide bonds. The van der Waals surface area contributed by atoms with Gasteiger partial charge < -0.3 is 0 Å². The van der Waals surface area contributed by atoms with E-state index in [4.69, 9.17) is 5.26 Å². The molecular weight excluding hydrogens is 292 g/mol. The Morgan fingerprint density at radius 3 is 2.70 bits per heavy atom. The zero-order valence-corrected chi connectivity index (χ0v) is 12.7. The van der Waals surface area contributed by atoms with Gasteiger partial charge in [0.15, 0.2) is 9.84 Å². The molecule has 6 heteroatoms. The zero-order valence-electron chi connectivity index (χ0n) is 11.0. The molecule has 0 fully saturated rings. The standard InChI is InChI=1S/C14H14N2O2S2/c1-2-14-16-13(8-19-14)10-20(17,18)9-12-6-4-3-5-11(12)7-15/h3-6,8H,2,9-10H2,1H3. The van der Waals surface area contributed by atoms with Gasteiger partial charge in [-0.25, -0.2) is 13.4 Å². The highest BCUT2D eigenvalue weighted by atomic mass is 32.2. The molecule has 1 heterocycles. The molecule has 0 aliphatic rings. The SMILES string of the molecule is CCc1nc(CS(=O)(=O)Cc2ccccc2C#N)cs1. The minimum atomic E-state index is -3.32. The first-order chi connectivity index (χ1) is 9.54. The highest BCUT2D eigenvalue weighted by molar-refractivity contribution is 7.89. The third-order valence-electron chi connectivity index (χ3n) is 2.78. The first-order valence-electron chi connectivity index (χ1n) is 6.16. The summed E-state index contributed by atoms with van der Waals surface area (Å²) >= 11 is 1.48. The highest BCUT2D eigenvalue weighted by Crippen LogP contribution is 2.17. The number of nitrogens with zero attached hydrogens (tertiary/aromatic N) is 2. The summed E-state index contributed by atoms with van der Waals surface area (Å²) in [5, 5.41) is 11.7. The second-order valence-corrected chi connectivity index (χ2v) is 7.39. The quantitative estimate of drug-likeness (QED) is 0.851. The lowest BCUT2D eigenvalue weighted by Gasteiger charge is -2.04. The summed E-state index contributed by atoms with van der Waals surface area (Å²) in [6.07, 6.45) is 0.808. The fourth-order valence-corrected chi connectivity index (χ4v) is 4.12. The van der Waals surface area contributed by atoms with Crippen LogP contribution in [0.25, 0.3) is 0 Å². The molecule has 0 atom stereocenters. The van der Waals surface area contributed by atoms with Gasteiger partial charge in [0.05, 0.1) is 33.8 Å². The molecule has 0 unspecified atom stereocenters. The Bertz CT molecular complexity index is 743. The molecule has 1 aromatic carbocycles. The van der Waals surface area contributed by atoms with E-state index in [0.717, 1.165) is 11.4 Å². The molecule has 0 radical (unpaired) electrons. The lowest BCUT2D eigenvalue weighted by Crippen LogP contribution is -2.09. The van der Waals surface area contributed by atoms with E-state index in [9.17, 15) is 8.42 Å². The van der Waals surface area contributed by atoms with Crippen LogP contribution in [0.4, 0.5) is 0 Å². The maximum Gasteiger partial charge on any atom is 0.160 e. The van der Waals surface area contributed by atoms with Gasteiger partial charge in [0.25, 0.3) is 0 Å². The van der Waals surface area contributed by atoms with E-state index in [-0.39, 0.29) is 11.5 Å². The molecule has 1 aromatic heterocycles. The number of hydrogen-bond acceptors (Lipinski definition) is 5. The van der Waals surface area contributed by atoms with Crippen molar-refractivity contribution in [3.8, 4) is 6.07 Å². The molecule has 2 aromatic rings. The fraction of sp³-hybridized carbons (Fsp3) is 0.286. The van der Waals surface area contributed by atoms with Crippen LogP contribution in [0.3, 0.4) is 0 Å². The number of rotatable bonds is 5. The highest BCUT2D eigenvalue weighted by Gasteiger charge is 2.17. The molecule has 0 spiro atoms. The third-order valence-corrected chi connectivity index (χ3v) is 5.31. The molecule has 0 N–H and O–H groups in total. The summed E-state index contributed by atoms with van der Waals surface area (Å²) in [5.41, 5.74) is 1.53. The monoisotopic (exact) mass is 306 g/mol. The van der Waals surface area contributed by atoms with Crippen molar-refractivity contribution >= 4 is 21.2 Å². The Morgan fingerprint density at radius 1 is 1.30 bits per heavy atom. The van der Waals surface area contributed by atoms with Gasteiger partial charge in [-0.05, 0) is 18.1 Å². The van der Waals surface area contributed by atoms with Crippen molar-refractivity contribution in [3.63, 3.8) is 0 Å². The summed E-state index contributed by atoms with van der Waals surface area (Å²) in [5.74, 6) is -0.209. The second-order valence-electron chi connectivity index (χ2n) is 4.39. The number of sulfone groups is 1. The van der Waals surface area contributed by atoms with Crippen LogP contribution in [0.1, 0.15) is 28.8 Å². The zero-order chi connectivity index (χ0) is 14.6. The molecule has 4 nitrogen and oxygen atoms in total. The Kier molecular flexibility index (Phi) is 4.53. The van der Waals surface area contributed by atoms with E-state index in [1.54, 1.807) is 29.6 Å². The molecule has 0 aliphatic heterocycles. The van der Waals surface area contributed by atoms with Crippen LogP contribution in [-0.4, -0.2) is 13.4 Å². The van der Waals surface area contributed by atoms with E-state index in [2.05, 4.69) is 4.98 Å². The minimum absolute atomic E-state index is 0.0801. The van der Waals surface area contributed by atoms with Crippen molar-refractivity contribution in [2.24, 2.45) is 0 Å². The largest absolute Gasteiger partial charge is 0.245 e. The van der Waals surface area contributed by atoms with E-state index in [1.165, 1.54) is 11.3 Å². The topological polar surface area (TPSA) is 70.8 Å². The summed E-state index contributed by atoms with van der Waals surface area (Å²) < 4.78 is 24.4. The van der Waals surface area contributed by atoms with Crippen molar-refractivity contribution in [2.75, 3.05) is 0 Å². The van der Waals surface area contributed by atoms with Crippen molar-refractivity contribution in [3.05, 3.63) is 51.5 Å². The van der Waals surface area contributed by atoms with E-state index in [0.29, 0.717) is 16.8 Å². The first kappa shape index (κ1) is 14.7. The van der Waals surface area contributed by atoms with Crippen LogP contribution < -0.4 is 0 Å². The van der Waals surface area contributed by atoms with Gasteiger partial charge in [0.2, 0.25) is 0 Å². The predicted molar refractivity (Wildman–Crippen MR) is 79.0 cm³/mol. The number of benzene rings is 1. The number of aromatic nitrogens is 1. The van der Waals surface area contributed by atoms with Gasteiger partial charge in [0, 0.05) is 5.38 Å². The van der Waals surface area contributed by atoms with Crippen LogP contribution in [0.15, 0.2) is 29.6 Å². The lowest BCUT2D eigenvalue weighted by molar-refractivity contribution is 0.594. The Hall–Kier alpha value is -1.71. The van der Waals surface area contributed by atoms with Crippen molar-refractivity contribution in [1.29, 1.82) is 5.26 Å². The normalized spacial score (nSPS) is 11.2. The van der Waals surface area contributed by atoms with Crippen molar-refractivity contribution in [2.45, 2.75) is 24.9 Å². The Balaban J connectivity index is 2.17. The maximum absolute atomic E-state index is 12.2. The predicted octanol–water partition coefficient (Wildman–Crippen LogP) is 2.69. The van der Waals surface area contributed by atoms with Gasteiger partial charge in [0.1, 0.15) is 0 Å². The third kappa shape index (κ3) is 3.65. The maximum atomic E-state index is 12.2. The van der Waals surface area contributed by atoms with Gasteiger partial charge in [-0.15, -0.1) is 11.3 Å². The number of thiazole rings is 1. The minimum Gasteiger partial charge on any atom is -0.245 e. The lowest BCUT2D eigenvalue weighted by atomic mass is 10.1. The van der Waals surface area contributed by atoms with Crippen LogP contribution in [-0.2, 0) is 27.8 Å². The summed E-state index contributed by atoms with van der Waals surface area (Å²) in [6.45, 7) is 1.99. The number of nitriles is 1. The van der Waals surface area contributed by atoms with Crippen molar-refractivity contribution < 1.29 is 8.42 Å². The fourth-order valence-electron chi connectivity index (χ4n) is 1.85. The van der Waals surface area contributed by atoms with Gasteiger partial charge in [-0.1, -0.05) is 25.1 Å². The Morgan fingerprint density at radius 2 is 2.05 bits per heavy atom. The molecule has 0 saturated carbocycles. The number of aryl methyl sites for hydroxylation is 1. The number of hydrogen-bond donors (Lipinski definition) is 0. The van der Waals surface area contributed by atoms with Crippen molar-refractivity contribution in [1.82, 2.24) is 4.98 Å². The average molecular weight is 306 g/mol. The van der Waals surface area contributed by atoms with E-state index < -0.39 is 9.84 Å². The average Bonchev–Trinajstić information content (AvgIpc) is 2.85. The molecule has 20 heavy (non-hydrogen) atoms. The van der Waals surface area contributed by atoms with Crippen LogP contribution in [0.2, 0.25) is 0 Å². The molecule has 0 bridgehead atoms. The smallest absolute Gasteiger partial charge is 0.160 e. The second kappa shape index (κ2) is 6.16. The Labute approximate surface area is 122 Å². The molecule has 104 valence electrons. The molecule has 2 rings (SSSR count). The summed E-state index contributed by atoms with van der Waals surface area (Å²) in [4.78, 5) is 4.27.